The Bertz CT molecular complexity index is 988. The van der Waals surface area contributed by atoms with E-state index in [1.165, 1.54) is 17.2 Å². The number of amides is 1. The minimum Gasteiger partial charge on any atom is -0.362 e. The minimum absolute atomic E-state index is 0.0138. The highest BCUT2D eigenvalue weighted by atomic mass is 32.2. The van der Waals surface area contributed by atoms with E-state index in [-0.39, 0.29) is 23.4 Å². The van der Waals surface area contributed by atoms with Gasteiger partial charge in [-0.1, -0.05) is 24.3 Å². The van der Waals surface area contributed by atoms with Crippen LogP contribution in [0.2, 0.25) is 0 Å². The van der Waals surface area contributed by atoms with Gasteiger partial charge in [0.2, 0.25) is 15.9 Å². The number of hydrogen-bond acceptors (Lipinski definition) is 4. The van der Waals surface area contributed by atoms with Crippen molar-refractivity contribution in [3.05, 3.63) is 59.2 Å². The Morgan fingerprint density at radius 2 is 1.96 bits per heavy atom. The third-order valence-corrected chi connectivity index (χ3v) is 6.32. The molecule has 1 amide bonds. The summed E-state index contributed by atoms with van der Waals surface area (Å²) in [5.41, 5.74) is 4.35. The van der Waals surface area contributed by atoms with Crippen LogP contribution >= 0.6 is 0 Å². The SMILES string of the molecule is NS(=O)(=O)c1ccc2c(c1)CCN2CC(=O)NC1CCCc2ccccc21. The van der Waals surface area contributed by atoms with E-state index in [1.807, 2.05) is 17.0 Å². The number of carbonyl (C=O) groups excluding carboxylic acids is 1. The summed E-state index contributed by atoms with van der Waals surface area (Å²) in [5.74, 6) is -0.0138. The summed E-state index contributed by atoms with van der Waals surface area (Å²) >= 11 is 0. The predicted octanol–water partition coefficient (Wildman–Crippen LogP) is 1.89. The van der Waals surface area contributed by atoms with Gasteiger partial charge in [0.15, 0.2) is 0 Å². The van der Waals surface area contributed by atoms with Crippen molar-refractivity contribution in [2.75, 3.05) is 18.0 Å². The molecule has 0 aromatic heterocycles. The molecular weight excluding hydrogens is 362 g/mol. The molecule has 0 spiro atoms. The van der Waals surface area contributed by atoms with Crippen LogP contribution in [0.5, 0.6) is 0 Å². The monoisotopic (exact) mass is 385 g/mol. The van der Waals surface area contributed by atoms with Gasteiger partial charge in [0, 0.05) is 12.2 Å². The molecule has 0 saturated heterocycles. The van der Waals surface area contributed by atoms with E-state index >= 15 is 0 Å². The topological polar surface area (TPSA) is 92.5 Å². The fourth-order valence-electron chi connectivity index (χ4n) is 4.10. The Kier molecular flexibility index (Phi) is 4.65. The fraction of sp³-hybridized carbons (Fsp3) is 0.350. The van der Waals surface area contributed by atoms with Gasteiger partial charge >= 0.3 is 0 Å². The van der Waals surface area contributed by atoms with E-state index in [9.17, 15) is 13.2 Å². The maximum absolute atomic E-state index is 12.6. The zero-order chi connectivity index (χ0) is 19.0. The number of fused-ring (bicyclic) bond motifs is 2. The lowest BCUT2D eigenvalue weighted by Gasteiger charge is -2.27. The van der Waals surface area contributed by atoms with Crippen LogP contribution in [0.25, 0.3) is 0 Å². The molecular formula is C20H23N3O3S. The lowest BCUT2D eigenvalue weighted by molar-refractivity contribution is -0.120. The molecule has 2 aliphatic rings. The second kappa shape index (κ2) is 6.98. The van der Waals surface area contributed by atoms with Gasteiger partial charge in [0.25, 0.3) is 0 Å². The molecule has 1 atom stereocenters. The smallest absolute Gasteiger partial charge is 0.240 e. The first-order chi connectivity index (χ1) is 12.9. The van der Waals surface area contributed by atoms with Gasteiger partial charge in [-0.05, 0) is 60.6 Å². The maximum atomic E-state index is 12.6. The lowest BCUT2D eigenvalue weighted by Crippen LogP contribution is -2.39. The number of nitrogens with zero attached hydrogens (tertiary/aromatic N) is 1. The molecule has 1 unspecified atom stereocenters. The molecule has 1 heterocycles. The summed E-state index contributed by atoms with van der Waals surface area (Å²) in [7, 11) is -3.71. The molecule has 3 N–H and O–H groups in total. The van der Waals surface area contributed by atoms with Gasteiger partial charge in [0.1, 0.15) is 0 Å². The largest absolute Gasteiger partial charge is 0.362 e. The van der Waals surface area contributed by atoms with Crippen LogP contribution in [0.1, 0.15) is 35.6 Å². The van der Waals surface area contributed by atoms with E-state index in [4.69, 9.17) is 5.14 Å². The lowest BCUT2D eigenvalue weighted by atomic mass is 9.88. The molecule has 27 heavy (non-hydrogen) atoms. The second-order valence-electron chi connectivity index (χ2n) is 7.22. The Morgan fingerprint density at radius 1 is 1.15 bits per heavy atom. The number of primary sulfonamides is 1. The zero-order valence-corrected chi connectivity index (χ0v) is 15.8. The number of nitrogens with two attached hydrogens (primary N) is 1. The van der Waals surface area contributed by atoms with E-state index in [0.29, 0.717) is 13.0 Å². The second-order valence-corrected chi connectivity index (χ2v) is 8.78. The molecule has 0 radical (unpaired) electrons. The first-order valence-electron chi connectivity index (χ1n) is 9.19. The molecule has 7 heteroatoms. The highest BCUT2D eigenvalue weighted by Crippen LogP contribution is 2.31. The highest BCUT2D eigenvalue weighted by molar-refractivity contribution is 7.89. The minimum atomic E-state index is -3.71. The Hall–Kier alpha value is -2.38. The Labute approximate surface area is 159 Å². The molecule has 0 fully saturated rings. The van der Waals surface area contributed by atoms with E-state index in [1.54, 1.807) is 12.1 Å². The first kappa shape index (κ1) is 18.0. The molecule has 142 valence electrons. The molecule has 6 nitrogen and oxygen atoms in total. The number of carbonyl (C=O) groups is 1. The van der Waals surface area contributed by atoms with Crippen LogP contribution in [0.15, 0.2) is 47.4 Å². The third kappa shape index (κ3) is 3.70. The van der Waals surface area contributed by atoms with Gasteiger partial charge in [0.05, 0.1) is 17.5 Å². The molecule has 1 aliphatic heterocycles. The highest BCUT2D eigenvalue weighted by Gasteiger charge is 2.25. The van der Waals surface area contributed by atoms with Gasteiger partial charge in [-0.2, -0.15) is 0 Å². The number of anilines is 1. The van der Waals surface area contributed by atoms with Crippen LogP contribution in [0, 0.1) is 0 Å². The van der Waals surface area contributed by atoms with Crippen molar-refractivity contribution < 1.29 is 13.2 Å². The summed E-state index contributed by atoms with van der Waals surface area (Å²) < 4.78 is 23.0. The molecule has 0 bridgehead atoms. The fourth-order valence-corrected chi connectivity index (χ4v) is 4.67. The van der Waals surface area contributed by atoms with Crippen LogP contribution < -0.4 is 15.4 Å². The number of rotatable bonds is 4. The van der Waals surface area contributed by atoms with Crippen molar-refractivity contribution in [3.63, 3.8) is 0 Å². The van der Waals surface area contributed by atoms with Gasteiger partial charge in [-0.25, -0.2) is 13.6 Å². The average Bonchev–Trinajstić information content (AvgIpc) is 3.03. The van der Waals surface area contributed by atoms with Crippen molar-refractivity contribution in [1.82, 2.24) is 5.32 Å². The number of aryl methyl sites for hydroxylation is 1. The standard InChI is InChI=1S/C20H23N3O3S/c21-27(25,26)16-8-9-19-15(12-16)10-11-23(19)13-20(24)22-18-7-3-5-14-4-1-2-6-17(14)18/h1-2,4,6,8-9,12,18H,3,5,7,10-11,13H2,(H,22,24)(H2,21,25,26). The van der Waals surface area contributed by atoms with Crippen molar-refractivity contribution >= 4 is 21.6 Å². The number of nitrogens with one attached hydrogen (secondary N) is 1. The number of benzene rings is 2. The quantitative estimate of drug-likeness (QED) is 0.841. The molecule has 1 aliphatic carbocycles. The molecule has 2 aromatic rings. The van der Waals surface area contributed by atoms with E-state index in [2.05, 4.69) is 17.4 Å². The molecule has 2 aromatic carbocycles. The summed E-state index contributed by atoms with van der Waals surface area (Å²) in [6, 6.07) is 13.2. The van der Waals surface area contributed by atoms with Crippen LogP contribution in [0.4, 0.5) is 5.69 Å². The first-order valence-corrected chi connectivity index (χ1v) is 10.7. The summed E-state index contributed by atoms with van der Waals surface area (Å²) in [6.45, 7) is 0.957. The van der Waals surface area contributed by atoms with Gasteiger partial charge in [-0.3, -0.25) is 4.79 Å². The third-order valence-electron chi connectivity index (χ3n) is 5.41. The maximum Gasteiger partial charge on any atom is 0.240 e. The van der Waals surface area contributed by atoms with Crippen molar-refractivity contribution in [2.24, 2.45) is 5.14 Å². The Balaban J connectivity index is 1.45. The predicted molar refractivity (Wildman–Crippen MR) is 104 cm³/mol. The van der Waals surface area contributed by atoms with Crippen LogP contribution in [-0.2, 0) is 27.7 Å². The Morgan fingerprint density at radius 3 is 2.78 bits per heavy atom. The number of sulfonamides is 1. The summed E-state index contributed by atoms with van der Waals surface area (Å²) in [4.78, 5) is 14.8. The normalized spacial score (nSPS) is 18.7. The molecule has 4 rings (SSSR count). The zero-order valence-electron chi connectivity index (χ0n) is 15.0. The number of hydrogen-bond donors (Lipinski definition) is 2. The van der Waals surface area contributed by atoms with Gasteiger partial charge in [-0.15, -0.1) is 0 Å². The van der Waals surface area contributed by atoms with E-state index in [0.717, 1.165) is 30.5 Å². The summed E-state index contributed by atoms with van der Waals surface area (Å²) in [5, 5.41) is 8.38. The summed E-state index contributed by atoms with van der Waals surface area (Å²) in [6.07, 6.45) is 3.80. The van der Waals surface area contributed by atoms with Crippen molar-refractivity contribution in [1.29, 1.82) is 0 Å². The van der Waals surface area contributed by atoms with Crippen molar-refractivity contribution in [3.8, 4) is 0 Å². The van der Waals surface area contributed by atoms with Crippen molar-refractivity contribution in [2.45, 2.75) is 36.6 Å². The molecule has 0 saturated carbocycles. The van der Waals surface area contributed by atoms with Crippen LogP contribution in [0.3, 0.4) is 0 Å². The van der Waals surface area contributed by atoms with Gasteiger partial charge < -0.3 is 10.2 Å². The van der Waals surface area contributed by atoms with E-state index < -0.39 is 10.0 Å². The van der Waals surface area contributed by atoms with Crippen LogP contribution in [-0.4, -0.2) is 27.4 Å². The average molecular weight is 385 g/mol.